The van der Waals surface area contributed by atoms with E-state index < -0.39 is 0 Å². The summed E-state index contributed by atoms with van der Waals surface area (Å²) in [6, 6.07) is 8.03. The van der Waals surface area contributed by atoms with E-state index >= 15 is 0 Å². The molecule has 0 fully saturated rings. The fourth-order valence-electron chi connectivity index (χ4n) is 2.12. The molecule has 92 valence electrons. The molecule has 0 unspecified atom stereocenters. The first-order chi connectivity index (χ1) is 8.24. The number of rotatable bonds is 3. The zero-order valence-corrected chi connectivity index (χ0v) is 10.8. The maximum atomic E-state index is 12.1. The zero-order valence-electron chi connectivity index (χ0n) is 10.0. The van der Waals surface area contributed by atoms with Gasteiger partial charge in [-0.1, -0.05) is 12.1 Å². The Labute approximate surface area is 107 Å². The number of amides is 1. The number of anilines is 2. The Kier molecular flexibility index (Phi) is 3.89. The van der Waals surface area contributed by atoms with Crippen LogP contribution in [0.5, 0.6) is 0 Å². The van der Waals surface area contributed by atoms with Gasteiger partial charge in [-0.15, -0.1) is 11.6 Å². The van der Waals surface area contributed by atoms with Crippen LogP contribution in [0.4, 0.5) is 11.4 Å². The molecule has 0 N–H and O–H groups in total. The van der Waals surface area contributed by atoms with Crippen molar-refractivity contribution < 1.29 is 4.79 Å². The topological polar surface area (TPSA) is 23.6 Å². The van der Waals surface area contributed by atoms with E-state index in [0.717, 1.165) is 30.9 Å². The highest BCUT2D eigenvalue weighted by Gasteiger charge is 2.23. The van der Waals surface area contributed by atoms with Gasteiger partial charge >= 0.3 is 0 Å². The Morgan fingerprint density at radius 1 is 1.29 bits per heavy atom. The molecule has 1 aliphatic heterocycles. The summed E-state index contributed by atoms with van der Waals surface area (Å²) in [5.74, 6) is 0.715. The van der Waals surface area contributed by atoms with Crippen molar-refractivity contribution in [2.24, 2.45) is 0 Å². The molecule has 1 aromatic rings. The Balaban J connectivity index is 2.21. The first-order valence-corrected chi connectivity index (χ1v) is 6.44. The molecule has 0 atom stereocenters. The molecule has 0 aliphatic carbocycles. The van der Waals surface area contributed by atoms with Crippen LogP contribution in [-0.2, 0) is 4.79 Å². The molecule has 0 saturated heterocycles. The predicted octanol–water partition coefficient (Wildman–Crippen LogP) is 2.49. The number of alkyl halides is 1. The van der Waals surface area contributed by atoms with E-state index in [1.807, 2.05) is 23.1 Å². The Morgan fingerprint density at radius 3 is 2.71 bits per heavy atom. The number of halogens is 1. The van der Waals surface area contributed by atoms with Crippen LogP contribution in [0, 0.1) is 0 Å². The van der Waals surface area contributed by atoms with E-state index in [1.54, 1.807) is 0 Å². The van der Waals surface area contributed by atoms with E-state index in [9.17, 15) is 4.79 Å². The van der Waals surface area contributed by atoms with Crippen molar-refractivity contribution in [3.63, 3.8) is 0 Å². The number of fused-ring (bicyclic) bond motifs is 1. The number of para-hydroxylation sites is 2. The van der Waals surface area contributed by atoms with E-state index in [4.69, 9.17) is 11.6 Å². The number of benzene rings is 1. The van der Waals surface area contributed by atoms with Gasteiger partial charge in [-0.05, 0) is 18.6 Å². The Morgan fingerprint density at radius 2 is 2.00 bits per heavy atom. The number of hydrogen-bond donors (Lipinski definition) is 0. The minimum absolute atomic E-state index is 0.172. The lowest BCUT2D eigenvalue weighted by Gasteiger charge is -2.35. The molecule has 17 heavy (non-hydrogen) atoms. The highest BCUT2D eigenvalue weighted by atomic mass is 35.5. The van der Waals surface area contributed by atoms with Crippen molar-refractivity contribution in [3.8, 4) is 0 Å². The molecule has 1 heterocycles. The van der Waals surface area contributed by atoms with Crippen LogP contribution in [0.25, 0.3) is 0 Å². The third kappa shape index (κ3) is 2.55. The number of carbonyl (C=O) groups is 1. The van der Waals surface area contributed by atoms with Gasteiger partial charge in [0, 0.05) is 32.4 Å². The second kappa shape index (κ2) is 5.41. The van der Waals surface area contributed by atoms with Gasteiger partial charge < -0.3 is 9.80 Å². The van der Waals surface area contributed by atoms with Crippen LogP contribution >= 0.6 is 11.6 Å². The fraction of sp³-hybridized carbons (Fsp3) is 0.462. The predicted molar refractivity (Wildman–Crippen MR) is 72.0 cm³/mol. The number of likely N-dealkylation sites (N-methyl/N-ethyl adjacent to an activating group) is 1. The smallest absolute Gasteiger partial charge is 0.227 e. The van der Waals surface area contributed by atoms with Crippen LogP contribution in [0.2, 0.25) is 0 Å². The third-order valence-electron chi connectivity index (χ3n) is 3.07. The quantitative estimate of drug-likeness (QED) is 0.772. The van der Waals surface area contributed by atoms with Gasteiger partial charge in [0.25, 0.3) is 0 Å². The van der Waals surface area contributed by atoms with Gasteiger partial charge in [-0.25, -0.2) is 0 Å². The molecule has 4 heteroatoms. The van der Waals surface area contributed by atoms with Crippen molar-refractivity contribution >= 4 is 28.9 Å². The van der Waals surface area contributed by atoms with Crippen molar-refractivity contribution in [3.05, 3.63) is 24.3 Å². The molecule has 3 nitrogen and oxygen atoms in total. The van der Waals surface area contributed by atoms with Crippen molar-refractivity contribution in [2.75, 3.05) is 35.8 Å². The summed E-state index contributed by atoms with van der Waals surface area (Å²) in [7, 11) is 2.05. The maximum absolute atomic E-state index is 12.1. The van der Waals surface area contributed by atoms with E-state index in [0.29, 0.717) is 12.3 Å². The summed E-state index contributed by atoms with van der Waals surface area (Å²) in [5, 5.41) is 0. The lowest BCUT2D eigenvalue weighted by Crippen LogP contribution is -2.42. The lowest BCUT2D eigenvalue weighted by molar-refractivity contribution is -0.118. The average Bonchev–Trinajstić information content (AvgIpc) is 2.37. The minimum atomic E-state index is 0.172. The number of nitrogens with zero attached hydrogens (tertiary/aromatic N) is 2. The summed E-state index contributed by atoms with van der Waals surface area (Å²) in [6.07, 6.45) is 1.27. The molecular weight excluding hydrogens is 236 g/mol. The molecule has 1 amide bonds. The first kappa shape index (κ1) is 12.2. The third-order valence-corrected chi connectivity index (χ3v) is 3.34. The lowest BCUT2D eigenvalue weighted by atomic mass is 10.1. The summed E-state index contributed by atoms with van der Waals surface area (Å²) in [6.45, 7) is 1.64. The van der Waals surface area contributed by atoms with Crippen molar-refractivity contribution in [1.29, 1.82) is 0 Å². The summed E-state index contributed by atoms with van der Waals surface area (Å²) in [4.78, 5) is 16.1. The van der Waals surface area contributed by atoms with Crippen LogP contribution in [-0.4, -0.2) is 31.9 Å². The van der Waals surface area contributed by atoms with Crippen LogP contribution in [0.1, 0.15) is 12.8 Å². The molecule has 0 bridgehead atoms. The van der Waals surface area contributed by atoms with Gasteiger partial charge in [0.05, 0.1) is 11.4 Å². The molecule has 0 saturated carbocycles. The Bertz CT molecular complexity index is 408. The van der Waals surface area contributed by atoms with Gasteiger partial charge in [0.2, 0.25) is 5.91 Å². The van der Waals surface area contributed by atoms with Crippen LogP contribution < -0.4 is 9.80 Å². The SMILES string of the molecule is CN1CCN(C(=O)CCCCl)c2ccccc21. The highest BCUT2D eigenvalue weighted by molar-refractivity contribution is 6.18. The molecule has 1 aliphatic rings. The molecule has 0 radical (unpaired) electrons. The fourth-order valence-corrected chi connectivity index (χ4v) is 2.25. The standard InChI is InChI=1S/C13H17ClN2O/c1-15-9-10-16(13(17)7-4-8-14)12-6-3-2-5-11(12)15/h2-3,5-6H,4,7-10H2,1H3. The summed E-state index contributed by atoms with van der Waals surface area (Å²) in [5.41, 5.74) is 2.14. The second-order valence-electron chi connectivity index (χ2n) is 4.25. The van der Waals surface area contributed by atoms with Gasteiger partial charge in [-0.3, -0.25) is 4.79 Å². The highest BCUT2D eigenvalue weighted by Crippen LogP contribution is 2.32. The van der Waals surface area contributed by atoms with E-state index in [2.05, 4.69) is 18.0 Å². The normalized spacial score (nSPS) is 14.7. The van der Waals surface area contributed by atoms with Crippen LogP contribution in [0.3, 0.4) is 0 Å². The zero-order chi connectivity index (χ0) is 12.3. The summed E-state index contributed by atoms with van der Waals surface area (Å²) >= 11 is 5.63. The van der Waals surface area contributed by atoms with Crippen molar-refractivity contribution in [2.45, 2.75) is 12.8 Å². The molecule has 1 aromatic carbocycles. The first-order valence-electron chi connectivity index (χ1n) is 5.90. The average molecular weight is 253 g/mol. The minimum Gasteiger partial charge on any atom is -0.371 e. The number of hydrogen-bond acceptors (Lipinski definition) is 2. The molecule has 2 rings (SSSR count). The van der Waals surface area contributed by atoms with Gasteiger partial charge in [0.15, 0.2) is 0 Å². The van der Waals surface area contributed by atoms with E-state index in [-0.39, 0.29) is 5.91 Å². The maximum Gasteiger partial charge on any atom is 0.227 e. The van der Waals surface area contributed by atoms with Crippen molar-refractivity contribution in [1.82, 2.24) is 0 Å². The molecular formula is C13H17ClN2O. The van der Waals surface area contributed by atoms with Gasteiger partial charge in [-0.2, -0.15) is 0 Å². The van der Waals surface area contributed by atoms with Crippen LogP contribution in [0.15, 0.2) is 24.3 Å². The largest absolute Gasteiger partial charge is 0.371 e. The van der Waals surface area contributed by atoms with E-state index in [1.165, 1.54) is 0 Å². The second-order valence-corrected chi connectivity index (χ2v) is 4.63. The number of carbonyl (C=O) groups excluding carboxylic acids is 1. The Hall–Kier alpha value is -1.22. The molecule has 0 aromatic heterocycles. The summed E-state index contributed by atoms with van der Waals surface area (Å²) < 4.78 is 0. The van der Waals surface area contributed by atoms with Gasteiger partial charge in [0.1, 0.15) is 0 Å². The molecule has 0 spiro atoms. The monoisotopic (exact) mass is 252 g/mol.